The van der Waals surface area contributed by atoms with Gasteiger partial charge in [-0.2, -0.15) is 0 Å². The van der Waals surface area contributed by atoms with Gasteiger partial charge in [0, 0.05) is 7.05 Å². The highest BCUT2D eigenvalue weighted by atomic mass is 16.5. The van der Waals surface area contributed by atoms with Crippen LogP contribution >= 0.6 is 0 Å². The minimum atomic E-state index is -0.977. The van der Waals surface area contributed by atoms with Gasteiger partial charge < -0.3 is 20.7 Å². The molecule has 7 heteroatoms. The average Bonchev–Trinajstić information content (AvgIpc) is 2.37. The first-order valence-electron chi connectivity index (χ1n) is 5.86. The summed E-state index contributed by atoms with van der Waals surface area (Å²) in [5.41, 5.74) is 1.19. The maximum Gasteiger partial charge on any atom is 0.307 e. The first kappa shape index (κ1) is 14.4. The molecule has 0 spiro atoms. The van der Waals surface area contributed by atoms with Crippen LogP contribution in [0.25, 0.3) is 0 Å². The van der Waals surface area contributed by atoms with E-state index in [4.69, 9.17) is 5.11 Å². The van der Waals surface area contributed by atoms with Gasteiger partial charge in [0.15, 0.2) is 0 Å². The summed E-state index contributed by atoms with van der Waals surface area (Å²) in [5.74, 6) is -3.46. The fourth-order valence-corrected chi connectivity index (χ4v) is 2.33. The van der Waals surface area contributed by atoms with Gasteiger partial charge in [0.1, 0.15) is 0 Å². The number of hydrogen-bond donors (Lipinski definition) is 2. The van der Waals surface area contributed by atoms with E-state index in [2.05, 4.69) is 0 Å². The van der Waals surface area contributed by atoms with Crippen LogP contribution in [-0.4, -0.2) is 41.4 Å². The summed E-state index contributed by atoms with van der Waals surface area (Å²) < 4.78 is 0. The Morgan fingerprint density at radius 2 is 1.83 bits per heavy atom. The lowest BCUT2D eigenvalue weighted by molar-refractivity contribution is -0.152. The van der Waals surface area contributed by atoms with Crippen molar-refractivity contribution in [3.05, 3.63) is 5.21 Å². The number of aliphatic carboxylic acids is 1. The fraction of sp³-hybridized carbons (Fsp3) is 0.727. The molecule has 2 N–H and O–H groups in total. The third-order valence-corrected chi connectivity index (χ3v) is 3.27. The zero-order chi connectivity index (χ0) is 13.7. The van der Waals surface area contributed by atoms with Gasteiger partial charge in [-0.3, -0.25) is 14.4 Å². The second kappa shape index (κ2) is 6.34. The van der Waals surface area contributed by atoms with E-state index in [9.17, 15) is 19.6 Å². The lowest BCUT2D eigenvalue weighted by Gasteiger charge is -2.30. The number of likely N-dealkylation sites (N-methyl/N-ethyl adjacent to an activating group) is 1. The van der Waals surface area contributed by atoms with Crippen LogP contribution in [0.2, 0.25) is 0 Å². The van der Waals surface area contributed by atoms with Crippen LogP contribution < -0.4 is 5.48 Å². The number of nitrogens with zero attached hydrogens (tertiary/aromatic N) is 1. The van der Waals surface area contributed by atoms with Gasteiger partial charge in [0.05, 0.1) is 18.4 Å². The van der Waals surface area contributed by atoms with Crippen LogP contribution in [0, 0.1) is 17.0 Å². The van der Waals surface area contributed by atoms with Crippen molar-refractivity contribution in [2.45, 2.75) is 25.7 Å². The number of carboxylic acid groups (broad SMARTS) is 1. The van der Waals surface area contributed by atoms with E-state index in [1.54, 1.807) is 0 Å². The largest absolute Gasteiger partial charge is 0.759 e. The lowest BCUT2D eigenvalue weighted by Crippen LogP contribution is -2.44. The Labute approximate surface area is 105 Å². The third-order valence-electron chi connectivity index (χ3n) is 3.27. The quantitative estimate of drug-likeness (QED) is 0.686. The maximum absolute atomic E-state index is 12.0. The molecule has 0 unspecified atom stereocenters. The van der Waals surface area contributed by atoms with E-state index in [-0.39, 0.29) is 12.5 Å². The van der Waals surface area contributed by atoms with Crippen LogP contribution in [0.4, 0.5) is 0 Å². The monoisotopic (exact) mass is 257 g/mol. The number of carbonyl (C=O) groups excluding carboxylic acids is 2. The van der Waals surface area contributed by atoms with Crippen LogP contribution in [0.1, 0.15) is 25.7 Å². The first-order valence-corrected chi connectivity index (χ1v) is 5.86. The summed E-state index contributed by atoms with van der Waals surface area (Å²) in [4.78, 5) is 35.1. The highest BCUT2D eigenvalue weighted by Gasteiger charge is 2.37. The molecule has 7 nitrogen and oxygen atoms in total. The molecule has 0 aromatic carbocycles. The van der Waals surface area contributed by atoms with Crippen LogP contribution in [0.5, 0.6) is 0 Å². The van der Waals surface area contributed by atoms with Crippen molar-refractivity contribution < 1.29 is 19.5 Å². The molecular weight excluding hydrogens is 240 g/mol. The van der Waals surface area contributed by atoms with E-state index in [1.807, 2.05) is 0 Å². The Kier molecular flexibility index (Phi) is 5.08. The summed E-state index contributed by atoms with van der Waals surface area (Å²) in [6.07, 6.45) is 2.60. The highest BCUT2D eigenvalue weighted by molar-refractivity contribution is 5.88. The molecule has 1 rings (SSSR count). The molecule has 102 valence electrons. The van der Waals surface area contributed by atoms with Gasteiger partial charge in [0.2, 0.25) is 11.8 Å². The van der Waals surface area contributed by atoms with Crippen molar-refractivity contribution in [3.63, 3.8) is 0 Å². The number of carbonyl (C=O) groups is 3. The molecule has 0 aromatic heterocycles. The second-order valence-corrected chi connectivity index (χ2v) is 4.56. The number of hydroxylamine groups is 1. The van der Waals surface area contributed by atoms with Gasteiger partial charge in [-0.05, 0) is 12.8 Å². The summed E-state index contributed by atoms with van der Waals surface area (Å²) in [6.45, 7) is -0.342. The Morgan fingerprint density at radius 1 is 1.28 bits per heavy atom. The van der Waals surface area contributed by atoms with Gasteiger partial charge in [-0.1, -0.05) is 12.8 Å². The van der Waals surface area contributed by atoms with Crippen molar-refractivity contribution in [2.24, 2.45) is 11.8 Å². The third kappa shape index (κ3) is 3.43. The summed E-state index contributed by atoms with van der Waals surface area (Å²) in [7, 11) is 1.39. The molecular formula is C11H17N2O5-. The first-order chi connectivity index (χ1) is 8.47. The number of nitrogens with one attached hydrogen (secondary N) is 1. The zero-order valence-electron chi connectivity index (χ0n) is 10.2. The van der Waals surface area contributed by atoms with Crippen molar-refractivity contribution >= 4 is 17.8 Å². The molecule has 0 saturated heterocycles. The molecule has 0 radical (unpaired) electrons. The minimum Gasteiger partial charge on any atom is -0.759 e. The summed E-state index contributed by atoms with van der Waals surface area (Å²) in [5, 5.41) is 19.2. The molecule has 0 aromatic rings. The SMILES string of the molecule is CN(CC(=O)N[O-])C(=O)[C@@H]1CCCC[C@@H]1C(=O)O. The molecule has 0 heterocycles. The van der Waals surface area contributed by atoms with Crippen molar-refractivity contribution in [1.82, 2.24) is 10.4 Å². The van der Waals surface area contributed by atoms with E-state index < -0.39 is 23.7 Å². The van der Waals surface area contributed by atoms with E-state index in [1.165, 1.54) is 12.5 Å². The Bertz CT molecular complexity index is 344. The van der Waals surface area contributed by atoms with Crippen molar-refractivity contribution in [2.75, 3.05) is 13.6 Å². The summed E-state index contributed by atoms with van der Waals surface area (Å²) in [6, 6.07) is 0. The molecule has 2 amide bonds. The predicted molar refractivity (Wildman–Crippen MR) is 62.2 cm³/mol. The number of hydrogen-bond acceptors (Lipinski definition) is 4. The Hall–Kier alpha value is -1.63. The number of amides is 2. The van der Waals surface area contributed by atoms with E-state index in [0.29, 0.717) is 12.8 Å². The van der Waals surface area contributed by atoms with Gasteiger partial charge >= 0.3 is 5.97 Å². The predicted octanol–water partition coefficient (Wildman–Crippen LogP) is -0.0502. The topological polar surface area (TPSA) is 110 Å². The molecule has 0 bridgehead atoms. The van der Waals surface area contributed by atoms with Gasteiger partial charge in [-0.25, -0.2) is 0 Å². The molecule has 1 fully saturated rings. The highest BCUT2D eigenvalue weighted by Crippen LogP contribution is 2.31. The van der Waals surface area contributed by atoms with Crippen molar-refractivity contribution in [3.8, 4) is 0 Å². The van der Waals surface area contributed by atoms with Crippen LogP contribution in [0.15, 0.2) is 0 Å². The normalized spacial score (nSPS) is 23.2. The van der Waals surface area contributed by atoms with Crippen LogP contribution in [-0.2, 0) is 14.4 Å². The standard InChI is InChI=1S/C11H17N2O5/c1-13(6-9(14)12-18)10(15)7-4-2-3-5-8(7)11(16)17/h7-8H,2-6H2,1H3,(H2-,12,14,16,17,18)/q-1/t7-,8+/m1/s1. The van der Waals surface area contributed by atoms with E-state index >= 15 is 0 Å². The molecule has 18 heavy (non-hydrogen) atoms. The Morgan fingerprint density at radius 3 is 2.33 bits per heavy atom. The smallest absolute Gasteiger partial charge is 0.307 e. The zero-order valence-corrected chi connectivity index (χ0v) is 10.2. The molecule has 0 aliphatic heterocycles. The number of rotatable bonds is 4. The molecule has 1 aliphatic rings. The molecule has 1 saturated carbocycles. The van der Waals surface area contributed by atoms with Gasteiger partial charge in [-0.15, -0.1) is 0 Å². The minimum absolute atomic E-state index is 0.342. The second-order valence-electron chi connectivity index (χ2n) is 4.56. The molecule has 1 aliphatic carbocycles. The fourth-order valence-electron chi connectivity index (χ4n) is 2.33. The summed E-state index contributed by atoms with van der Waals surface area (Å²) >= 11 is 0. The average molecular weight is 257 g/mol. The van der Waals surface area contributed by atoms with Crippen LogP contribution in [0.3, 0.4) is 0 Å². The lowest BCUT2D eigenvalue weighted by atomic mass is 9.78. The van der Waals surface area contributed by atoms with Crippen molar-refractivity contribution in [1.29, 1.82) is 0 Å². The maximum atomic E-state index is 12.0. The molecule has 2 atom stereocenters. The number of carboxylic acids is 1. The Balaban J connectivity index is 2.68. The van der Waals surface area contributed by atoms with E-state index in [0.717, 1.165) is 17.7 Å². The van der Waals surface area contributed by atoms with Gasteiger partial charge in [0.25, 0.3) is 0 Å².